The van der Waals surface area contributed by atoms with Crippen molar-refractivity contribution in [2.45, 2.75) is 30.2 Å². The lowest BCUT2D eigenvalue weighted by Crippen LogP contribution is -2.53. The van der Waals surface area contributed by atoms with Crippen molar-refractivity contribution in [3.05, 3.63) is 28.2 Å². The van der Waals surface area contributed by atoms with Gasteiger partial charge in [-0.15, -0.1) is 0 Å². The molecule has 10 heteroatoms. The van der Waals surface area contributed by atoms with Gasteiger partial charge in [0.2, 0.25) is 10.0 Å². The van der Waals surface area contributed by atoms with E-state index in [2.05, 4.69) is 10.2 Å². The molecule has 1 saturated carbocycles. The summed E-state index contributed by atoms with van der Waals surface area (Å²) in [7, 11) is -3.75. The number of carbonyl (C=O) groups excluding carboxylic acids is 1. The Kier molecular flexibility index (Phi) is 6.27. The van der Waals surface area contributed by atoms with Gasteiger partial charge in [0.05, 0.1) is 5.02 Å². The van der Waals surface area contributed by atoms with Crippen molar-refractivity contribution < 1.29 is 13.2 Å². The Bertz CT molecular complexity index is 870. The van der Waals surface area contributed by atoms with E-state index in [4.69, 9.17) is 23.2 Å². The molecule has 0 spiro atoms. The first-order chi connectivity index (χ1) is 13.8. The number of amides is 2. The van der Waals surface area contributed by atoms with Gasteiger partial charge in [-0.1, -0.05) is 23.2 Å². The lowest BCUT2D eigenvalue weighted by molar-refractivity contribution is 0.171. The number of nitrogens with one attached hydrogen (secondary N) is 1. The molecule has 0 radical (unpaired) electrons. The van der Waals surface area contributed by atoms with Gasteiger partial charge in [-0.05, 0) is 49.9 Å². The van der Waals surface area contributed by atoms with Crippen molar-refractivity contribution in [2.24, 2.45) is 5.92 Å². The van der Waals surface area contributed by atoms with Crippen molar-refractivity contribution in [1.82, 2.24) is 19.4 Å². The molecule has 1 unspecified atom stereocenters. The summed E-state index contributed by atoms with van der Waals surface area (Å²) in [6.45, 7) is 4.04. The lowest BCUT2D eigenvalue weighted by Gasteiger charge is -2.34. The molecule has 2 saturated heterocycles. The van der Waals surface area contributed by atoms with Crippen LogP contribution in [0.25, 0.3) is 0 Å². The fourth-order valence-electron chi connectivity index (χ4n) is 4.09. The molecular weight excluding hydrogens is 435 g/mol. The number of halogens is 2. The third kappa shape index (κ3) is 4.82. The van der Waals surface area contributed by atoms with Gasteiger partial charge in [-0.3, -0.25) is 0 Å². The highest BCUT2D eigenvalue weighted by Gasteiger charge is 2.35. The summed E-state index contributed by atoms with van der Waals surface area (Å²) in [5.74, 6) is 0.506. The maximum absolute atomic E-state index is 12.9. The standard InChI is InChI=1S/C19H26Cl2N4O3S/c20-15-1-4-17(21)18(11-15)29(27,28)25-9-7-23(8-10-25)19(26)22-12-14-5-6-24(13-14)16-2-3-16/h1,4,11,14,16H,2-3,5-10,12-13H2,(H,22,26). The highest BCUT2D eigenvalue weighted by molar-refractivity contribution is 7.89. The van der Waals surface area contributed by atoms with E-state index in [1.54, 1.807) is 11.0 Å². The molecule has 2 aliphatic heterocycles. The van der Waals surface area contributed by atoms with E-state index in [1.165, 1.54) is 29.3 Å². The number of rotatable bonds is 5. The number of likely N-dealkylation sites (tertiary alicyclic amines) is 1. The normalized spacial score (nSPS) is 24.1. The molecule has 2 amide bonds. The highest BCUT2D eigenvalue weighted by atomic mass is 35.5. The van der Waals surface area contributed by atoms with Crippen LogP contribution >= 0.6 is 23.2 Å². The van der Waals surface area contributed by atoms with Crippen LogP contribution in [0, 0.1) is 5.92 Å². The molecule has 160 valence electrons. The first kappa shape index (κ1) is 21.2. The first-order valence-corrected chi connectivity index (χ1v) is 12.3. The van der Waals surface area contributed by atoms with Gasteiger partial charge in [0, 0.05) is 50.3 Å². The van der Waals surface area contributed by atoms with E-state index < -0.39 is 10.0 Å². The van der Waals surface area contributed by atoms with Gasteiger partial charge in [-0.25, -0.2) is 13.2 Å². The van der Waals surface area contributed by atoms with Crippen molar-refractivity contribution >= 4 is 39.3 Å². The van der Waals surface area contributed by atoms with Gasteiger partial charge in [0.15, 0.2) is 0 Å². The number of nitrogens with zero attached hydrogens (tertiary/aromatic N) is 3. The SMILES string of the molecule is O=C(NCC1CCN(C2CC2)C1)N1CCN(S(=O)(=O)c2cc(Cl)ccc2Cl)CC1. The monoisotopic (exact) mass is 460 g/mol. The molecule has 1 aromatic rings. The molecule has 0 aromatic heterocycles. The molecule has 3 fully saturated rings. The second kappa shape index (κ2) is 8.59. The van der Waals surface area contributed by atoms with Crippen LogP contribution < -0.4 is 5.32 Å². The Morgan fingerprint density at radius 3 is 2.48 bits per heavy atom. The molecule has 4 rings (SSSR count). The zero-order valence-corrected chi connectivity index (χ0v) is 18.5. The summed E-state index contributed by atoms with van der Waals surface area (Å²) in [5, 5.41) is 3.49. The van der Waals surface area contributed by atoms with Crippen LogP contribution in [0.1, 0.15) is 19.3 Å². The molecule has 1 N–H and O–H groups in total. The maximum Gasteiger partial charge on any atom is 0.317 e. The molecule has 3 aliphatic rings. The van der Waals surface area contributed by atoms with Crippen molar-refractivity contribution in [3.63, 3.8) is 0 Å². The number of piperazine rings is 1. The maximum atomic E-state index is 12.9. The molecular formula is C19H26Cl2N4O3S. The number of urea groups is 1. The van der Waals surface area contributed by atoms with Gasteiger partial charge >= 0.3 is 6.03 Å². The zero-order valence-electron chi connectivity index (χ0n) is 16.2. The smallest absolute Gasteiger partial charge is 0.317 e. The van der Waals surface area contributed by atoms with Crippen LogP contribution in [0.4, 0.5) is 4.79 Å². The molecule has 7 nitrogen and oxygen atoms in total. The second-order valence-electron chi connectivity index (χ2n) is 8.03. The number of sulfonamides is 1. The van der Waals surface area contributed by atoms with E-state index in [-0.39, 0.29) is 29.0 Å². The summed E-state index contributed by atoms with van der Waals surface area (Å²) in [4.78, 5) is 16.7. The minimum absolute atomic E-state index is 0.00557. The van der Waals surface area contributed by atoms with E-state index in [0.717, 1.165) is 25.6 Å². The summed E-state index contributed by atoms with van der Waals surface area (Å²) in [6, 6.07) is 5.06. The predicted molar refractivity (Wildman–Crippen MR) is 113 cm³/mol. The zero-order chi connectivity index (χ0) is 20.6. The van der Waals surface area contributed by atoms with Crippen LogP contribution in [0.15, 0.2) is 23.1 Å². The number of hydrogen-bond donors (Lipinski definition) is 1. The molecule has 2 heterocycles. The van der Waals surface area contributed by atoms with Crippen LogP contribution in [0.3, 0.4) is 0 Å². The summed E-state index contributed by atoms with van der Waals surface area (Å²) in [5.41, 5.74) is 0. The Balaban J connectivity index is 1.27. The molecule has 0 bridgehead atoms. The van der Waals surface area contributed by atoms with Crippen molar-refractivity contribution in [1.29, 1.82) is 0 Å². The van der Waals surface area contributed by atoms with Gasteiger partial charge in [0.1, 0.15) is 4.90 Å². The third-order valence-electron chi connectivity index (χ3n) is 5.96. The Morgan fingerprint density at radius 2 is 1.79 bits per heavy atom. The van der Waals surface area contributed by atoms with E-state index in [9.17, 15) is 13.2 Å². The third-order valence-corrected chi connectivity index (χ3v) is 8.57. The van der Waals surface area contributed by atoms with Crippen molar-refractivity contribution in [2.75, 3.05) is 45.8 Å². The first-order valence-electron chi connectivity index (χ1n) is 10.1. The minimum atomic E-state index is -3.75. The fraction of sp³-hybridized carbons (Fsp3) is 0.632. The number of hydrogen-bond acceptors (Lipinski definition) is 4. The van der Waals surface area contributed by atoms with Crippen molar-refractivity contribution in [3.8, 4) is 0 Å². The van der Waals surface area contributed by atoms with Gasteiger partial charge < -0.3 is 15.1 Å². The fourth-order valence-corrected chi connectivity index (χ4v) is 6.25. The summed E-state index contributed by atoms with van der Waals surface area (Å²) >= 11 is 12.0. The topological polar surface area (TPSA) is 73.0 Å². The predicted octanol–water partition coefficient (Wildman–Crippen LogP) is 2.49. The van der Waals surface area contributed by atoms with Crippen LogP contribution in [0.2, 0.25) is 10.0 Å². The van der Waals surface area contributed by atoms with E-state index in [1.807, 2.05) is 0 Å². The average molecular weight is 461 g/mol. The van der Waals surface area contributed by atoms with Crippen LogP contribution in [0.5, 0.6) is 0 Å². The van der Waals surface area contributed by atoms with Crippen LogP contribution in [-0.2, 0) is 10.0 Å². The number of carbonyl (C=O) groups is 1. The molecule has 1 aliphatic carbocycles. The van der Waals surface area contributed by atoms with Gasteiger partial charge in [-0.2, -0.15) is 4.31 Å². The summed E-state index contributed by atoms with van der Waals surface area (Å²) < 4.78 is 27.1. The molecule has 1 aromatic carbocycles. The molecule has 1 atom stereocenters. The molecule has 29 heavy (non-hydrogen) atoms. The van der Waals surface area contributed by atoms with E-state index >= 15 is 0 Å². The Morgan fingerprint density at radius 1 is 1.07 bits per heavy atom. The Labute approximate surface area is 182 Å². The Hall–Kier alpha value is -1.06. The summed E-state index contributed by atoms with van der Waals surface area (Å²) in [6.07, 6.45) is 3.75. The lowest BCUT2D eigenvalue weighted by atomic mass is 10.1. The average Bonchev–Trinajstić information content (AvgIpc) is 3.46. The largest absolute Gasteiger partial charge is 0.338 e. The van der Waals surface area contributed by atoms with Crippen LogP contribution in [-0.4, -0.2) is 80.4 Å². The van der Waals surface area contributed by atoms with Gasteiger partial charge in [0.25, 0.3) is 0 Å². The number of benzene rings is 1. The quantitative estimate of drug-likeness (QED) is 0.732. The van der Waals surface area contributed by atoms with E-state index in [0.29, 0.717) is 30.6 Å². The second-order valence-corrected chi connectivity index (χ2v) is 10.8. The minimum Gasteiger partial charge on any atom is -0.338 e. The highest BCUT2D eigenvalue weighted by Crippen LogP contribution is 2.31.